The highest BCUT2D eigenvalue weighted by atomic mass is 16.5. The van der Waals surface area contributed by atoms with Crippen molar-refractivity contribution in [3.8, 4) is 5.75 Å². The van der Waals surface area contributed by atoms with E-state index in [1.165, 1.54) is 0 Å². The summed E-state index contributed by atoms with van der Waals surface area (Å²) in [7, 11) is 0. The van der Waals surface area contributed by atoms with E-state index < -0.39 is 0 Å². The molecule has 0 atom stereocenters. The number of nitrogens with two attached hydrogens (primary N) is 1. The summed E-state index contributed by atoms with van der Waals surface area (Å²) in [5.74, 6) is 1.63. The second kappa shape index (κ2) is 6.13. The van der Waals surface area contributed by atoms with Crippen molar-refractivity contribution in [2.24, 2.45) is 0 Å². The number of aromatic nitrogens is 1. The highest BCUT2D eigenvalue weighted by Gasteiger charge is 1.98. The Labute approximate surface area is 123 Å². The second-order valence-electron chi connectivity index (χ2n) is 4.74. The minimum atomic E-state index is 0.554. The smallest absolute Gasteiger partial charge is 0.126 e. The van der Waals surface area contributed by atoms with Crippen LogP contribution in [0.1, 0.15) is 0 Å². The number of ether oxygens (including phenoxy) is 1. The van der Waals surface area contributed by atoms with Gasteiger partial charge in [0.2, 0.25) is 0 Å². The first-order valence-electron chi connectivity index (χ1n) is 6.89. The highest BCUT2D eigenvalue weighted by molar-refractivity contribution is 5.80. The van der Waals surface area contributed by atoms with Crippen LogP contribution in [0.15, 0.2) is 60.7 Å². The van der Waals surface area contributed by atoms with E-state index in [9.17, 15) is 0 Å². The lowest BCUT2D eigenvalue weighted by molar-refractivity contribution is 0.333. The van der Waals surface area contributed by atoms with Gasteiger partial charge in [-0.15, -0.1) is 0 Å². The monoisotopic (exact) mass is 279 g/mol. The molecule has 4 heteroatoms. The molecule has 0 radical (unpaired) electrons. The van der Waals surface area contributed by atoms with Gasteiger partial charge in [-0.3, -0.25) is 0 Å². The molecule has 0 aliphatic heterocycles. The van der Waals surface area contributed by atoms with Crippen LogP contribution in [0.2, 0.25) is 0 Å². The lowest BCUT2D eigenvalue weighted by Gasteiger charge is -2.09. The van der Waals surface area contributed by atoms with Crippen molar-refractivity contribution in [2.45, 2.75) is 0 Å². The number of anilines is 2. The number of benzene rings is 2. The summed E-state index contributed by atoms with van der Waals surface area (Å²) in [5, 5.41) is 4.39. The minimum Gasteiger partial charge on any atom is -0.492 e. The Kier molecular flexibility index (Phi) is 3.87. The maximum Gasteiger partial charge on any atom is 0.126 e. The highest BCUT2D eigenvalue weighted by Crippen LogP contribution is 2.15. The summed E-state index contributed by atoms with van der Waals surface area (Å²) in [6.07, 6.45) is 0. The number of para-hydroxylation sites is 1. The third-order valence-corrected chi connectivity index (χ3v) is 3.13. The number of hydrogen-bond acceptors (Lipinski definition) is 4. The molecule has 0 aliphatic rings. The standard InChI is InChI=1S/C17H17N3O/c18-14-5-3-6-15(12-14)21-11-10-19-17-9-8-13-4-1-2-7-16(13)20-17/h1-9,12H,10-11,18H2,(H,19,20). The largest absolute Gasteiger partial charge is 0.492 e. The maximum absolute atomic E-state index is 5.70. The lowest BCUT2D eigenvalue weighted by atomic mass is 10.2. The van der Waals surface area contributed by atoms with E-state index in [2.05, 4.69) is 22.4 Å². The molecule has 0 amide bonds. The van der Waals surface area contributed by atoms with Crippen molar-refractivity contribution < 1.29 is 4.74 Å². The van der Waals surface area contributed by atoms with Crippen molar-refractivity contribution >= 4 is 22.4 Å². The summed E-state index contributed by atoms with van der Waals surface area (Å²) < 4.78 is 5.63. The van der Waals surface area contributed by atoms with Gasteiger partial charge in [0.1, 0.15) is 18.2 Å². The molecule has 3 aromatic rings. The average Bonchev–Trinajstić information content (AvgIpc) is 2.51. The van der Waals surface area contributed by atoms with Crippen LogP contribution in [0, 0.1) is 0 Å². The van der Waals surface area contributed by atoms with Crippen molar-refractivity contribution in [3.05, 3.63) is 60.7 Å². The Hall–Kier alpha value is -2.75. The third-order valence-electron chi connectivity index (χ3n) is 3.13. The molecular weight excluding hydrogens is 262 g/mol. The fourth-order valence-electron chi connectivity index (χ4n) is 2.12. The Morgan fingerprint density at radius 2 is 1.90 bits per heavy atom. The van der Waals surface area contributed by atoms with Gasteiger partial charge in [0.25, 0.3) is 0 Å². The van der Waals surface area contributed by atoms with Crippen LogP contribution in [0.25, 0.3) is 10.9 Å². The van der Waals surface area contributed by atoms with Gasteiger partial charge in [0.05, 0.1) is 12.1 Å². The van der Waals surface area contributed by atoms with Crippen molar-refractivity contribution in [3.63, 3.8) is 0 Å². The fourth-order valence-corrected chi connectivity index (χ4v) is 2.12. The quantitative estimate of drug-likeness (QED) is 0.555. The molecule has 0 unspecified atom stereocenters. The predicted octanol–water partition coefficient (Wildman–Crippen LogP) is 3.31. The Morgan fingerprint density at radius 1 is 1.00 bits per heavy atom. The number of nitrogens with one attached hydrogen (secondary N) is 1. The molecule has 21 heavy (non-hydrogen) atoms. The molecule has 1 heterocycles. The first kappa shape index (κ1) is 13.2. The van der Waals surface area contributed by atoms with Crippen LogP contribution in [-0.2, 0) is 0 Å². The summed E-state index contributed by atoms with van der Waals surface area (Å²) in [6.45, 7) is 1.23. The molecule has 0 aliphatic carbocycles. The van der Waals surface area contributed by atoms with Crippen molar-refractivity contribution in [1.29, 1.82) is 0 Å². The first-order chi connectivity index (χ1) is 10.3. The maximum atomic E-state index is 5.70. The van der Waals surface area contributed by atoms with E-state index in [1.54, 1.807) is 0 Å². The van der Waals surface area contributed by atoms with Crippen LogP contribution in [0.4, 0.5) is 11.5 Å². The van der Waals surface area contributed by atoms with Gasteiger partial charge < -0.3 is 15.8 Å². The average molecular weight is 279 g/mol. The Morgan fingerprint density at radius 3 is 2.81 bits per heavy atom. The van der Waals surface area contributed by atoms with Crippen LogP contribution >= 0.6 is 0 Å². The number of hydrogen-bond donors (Lipinski definition) is 2. The van der Waals surface area contributed by atoms with Gasteiger partial charge in [-0.25, -0.2) is 4.98 Å². The Bertz CT molecular complexity index is 743. The topological polar surface area (TPSA) is 60.2 Å². The summed E-state index contributed by atoms with van der Waals surface area (Å²) >= 11 is 0. The molecule has 0 bridgehead atoms. The molecule has 0 fully saturated rings. The molecule has 3 N–H and O–H groups in total. The van der Waals surface area contributed by atoms with Gasteiger partial charge in [0.15, 0.2) is 0 Å². The molecule has 0 saturated carbocycles. The van der Waals surface area contributed by atoms with E-state index in [0.717, 1.165) is 22.5 Å². The van der Waals surface area contributed by atoms with Gasteiger partial charge in [0, 0.05) is 17.1 Å². The zero-order valence-corrected chi connectivity index (χ0v) is 11.6. The zero-order valence-electron chi connectivity index (χ0n) is 11.6. The molecule has 106 valence electrons. The minimum absolute atomic E-state index is 0.554. The molecule has 3 rings (SSSR count). The Balaban J connectivity index is 1.54. The van der Waals surface area contributed by atoms with Crippen LogP contribution in [-0.4, -0.2) is 18.1 Å². The molecule has 4 nitrogen and oxygen atoms in total. The normalized spacial score (nSPS) is 10.5. The molecule has 1 aromatic heterocycles. The summed E-state index contributed by atoms with van der Waals surface area (Å²) in [6, 6.07) is 19.5. The van der Waals surface area contributed by atoms with E-state index >= 15 is 0 Å². The number of nitrogen functional groups attached to an aromatic ring is 1. The number of rotatable bonds is 5. The third kappa shape index (κ3) is 3.42. The SMILES string of the molecule is Nc1cccc(OCCNc2ccc3ccccc3n2)c1. The second-order valence-corrected chi connectivity index (χ2v) is 4.74. The zero-order chi connectivity index (χ0) is 14.5. The van der Waals surface area contributed by atoms with E-state index in [-0.39, 0.29) is 0 Å². The number of pyridine rings is 1. The predicted molar refractivity (Wildman–Crippen MR) is 86.6 cm³/mol. The summed E-state index contributed by atoms with van der Waals surface area (Å²) in [5.41, 5.74) is 7.39. The van der Waals surface area contributed by atoms with Crippen molar-refractivity contribution in [1.82, 2.24) is 4.98 Å². The fraction of sp³-hybridized carbons (Fsp3) is 0.118. The number of fused-ring (bicyclic) bond motifs is 1. The summed E-state index contributed by atoms with van der Waals surface area (Å²) in [4.78, 5) is 4.55. The molecular formula is C17H17N3O. The molecule has 0 spiro atoms. The molecule has 0 saturated heterocycles. The van der Waals surface area contributed by atoms with Gasteiger partial charge in [-0.1, -0.05) is 24.3 Å². The van der Waals surface area contributed by atoms with E-state index in [4.69, 9.17) is 10.5 Å². The van der Waals surface area contributed by atoms with E-state index in [1.807, 2.05) is 48.5 Å². The van der Waals surface area contributed by atoms with Crippen LogP contribution in [0.3, 0.4) is 0 Å². The van der Waals surface area contributed by atoms with Gasteiger partial charge in [-0.05, 0) is 30.3 Å². The van der Waals surface area contributed by atoms with Crippen molar-refractivity contribution in [2.75, 3.05) is 24.2 Å². The van der Waals surface area contributed by atoms with Crippen LogP contribution in [0.5, 0.6) is 5.75 Å². The van der Waals surface area contributed by atoms with Gasteiger partial charge in [-0.2, -0.15) is 0 Å². The van der Waals surface area contributed by atoms with Crippen LogP contribution < -0.4 is 15.8 Å². The van der Waals surface area contributed by atoms with E-state index in [0.29, 0.717) is 18.8 Å². The molecule has 2 aromatic carbocycles. The first-order valence-corrected chi connectivity index (χ1v) is 6.89. The number of nitrogens with zero attached hydrogens (tertiary/aromatic N) is 1. The lowest BCUT2D eigenvalue weighted by Crippen LogP contribution is -2.12. The van der Waals surface area contributed by atoms with Gasteiger partial charge >= 0.3 is 0 Å².